The molecule has 0 bridgehead atoms. The second kappa shape index (κ2) is 8.92. The number of ether oxygens (including phenoxy) is 1. The Labute approximate surface area is 110 Å². The highest BCUT2D eigenvalue weighted by Gasteiger charge is 2.04. The van der Waals surface area contributed by atoms with Crippen molar-refractivity contribution >= 4 is 0 Å². The van der Waals surface area contributed by atoms with Gasteiger partial charge in [-0.15, -0.1) is 0 Å². The fourth-order valence-corrected chi connectivity index (χ4v) is 1.88. The summed E-state index contributed by atoms with van der Waals surface area (Å²) in [7, 11) is 0. The van der Waals surface area contributed by atoms with E-state index < -0.39 is 0 Å². The van der Waals surface area contributed by atoms with Gasteiger partial charge >= 0.3 is 0 Å². The highest BCUT2D eigenvalue weighted by atomic mass is 19.1. The van der Waals surface area contributed by atoms with Crippen molar-refractivity contribution in [1.29, 1.82) is 0 Å². The molecule has 1 rings (SSSR count). The number of benzene rings is 1. The molecule has 1 aromatic rings. The van der Waals surface area contributed by atoms with E-state index in [1.807, 2.05) is 0 Å². The van der Waals surface area contributed by atoms with Gasteiger partial charge in [0.1, 0.15) is 11.6 Å². The smallest absolute Gasteiger partial charge is 0.126 e. The second-order valence-corrected chi connectivity index (χ2v) is 4.51. The maximum Gasteiger partial charge on any atom is 0.126 e. The van der Waals surface area contributed by atoms with Crippen LogP contribution in [0.3, 0.4) is 0 Å². The first-order valence-corrected chi connectivity index (χ1v) is 6.88. The Balaban J connectivity index is 2.17. The normalized spacial score (nSPS) is 12.4. The molecule has 0 radical (unpaired) electrons. The molecule has 0 amide bonds. The predicted molar refractivity (Wildman–Crippen MR) is 73.5 cm³/mol. The van der Waals surface area contributed by atoms with Crippen molar-refractivity contribution in [2.75, 3.05) is 13.2 Å². The molecule has 1 atom stereocenters. The van der Waals surface area contributed by atoms with Crippen LogP contribution in [-0.4, -0.2) is 19.2 Å². The van der Waals surface area contributed by atoms with Crippen LogP contribution in [-0.2, 0) is 0 Å². The molecule has 0 fully saturated rings. The van der Waals surface area contributed by atoms with Gasteiger partial charge in [-0.2, -0.15) is 0 Å². The number of rotatable bonds is 9. The van der Waals surface area contributed by atoms with Crippen molar-refractivity contribution < 1.29 is 9.13 Å². The summed E-state index contributed by atoms with van der Waals surface area (Å²) in [5.41, 5.74) is 0. The highest BCUT2D eigenvalue weighted by Crippen LogP contribution is 2.12. The zero-order valence-electron chi connectivity index (χ0n) is 11.4. The van der Waals surface area contributed by atoms with Crippen molar-refractivity contribution in [3.8, 4) is 5.75 Å². The molecule has 0 aliphatic rings. The third-order valence-electron chi connectivity index (χ3n) is 2.94. The van der Waals surface area contributed by atoms with Crippen LogP contribution in [0.25, 0.3) is 0 Å². The van der Waals surface area contributed by atoms with E-state index in [1.165, 1.54) is 12.1 Å². The Hall–Kier alpha value is -1.09. The van der Waals surface area contributed by atoms with Gasteiger partial charge in [0.2, 0.25) is 0 Å². The van der Waals surface area contributed by atoms with Crippen LogP contribution < -0.4 is 10.1 Å². The standard InChI is InChI=1S/C15H24FNO/c1-3-10-17-14(4-2)8-6-11-18-15-9-5-7-13(16)12-15/h5,7,9,12,14,17H,3-4,6,8,10-11H2,1-2H3. The van der Waals surface area contributed by atoms with E-state index in [1.54, 1.807) is 12.1 Å². The topological polar surface area (TPSA) is 21.3 Å². The molecule has 3 heteroatoms. The summed E-state index contributed by atoms with van der Waals surface area (Å²) < 4.78 is 18.4. The van der Waals surface area contributed by atoms with Crippen molar-refractivity contribution in [3.63, 3.8) is 0 Å². The van der Waals surface area contributed by atoms with Gasteiger partial charge in [0, 0.05) is 12.1 Å². The van der Waals surface area contributed by atoms with Crippen molar-refractivity contribution in [3.05, 3.63) is 30.1 Å². The quantitative estimate of drug-likeness (QED) is 0.676. The minimum absolute atomic E-state index is 0.247. The van der Waals surface area contributed by atoms with Crippen molar-refractivity contribution in [2.45, 2.75) is 45.6 Å². The molecule has 0 heterocycles. The molecule has 0 aliphatic heterocycles. The van der Waals surface area contributed by atoms with Gasteiger partial charge < -0.3 is 10.1 Å². The maximum absolute atomic E-state index is 12.9. The van der Waals surface area contributed by atoms with E-state index in [9.17, 15) is 4.39 Å². The van der Waals surface area contributed by atoms with Gasteiger partial charge in [-0.3, -0.25) is 0 Å². The summed E-state index contributed by atoms with van der Waals surface area (Å²) in [5.74, 6) is 0.369. The second-order valence-electron chi connectivity index (χ2n) is 4.51. The molecule has 0 aliphatic carbocycles. The molecule has 0 saturated carbocycles. The number of nitrogens with one attached hydrogen (secondary N) is 1. The number of hydrogen-bond donors (Lipinski definition) is 1. The van der Waals surface area contributed by atoms with Crippen LogP contribution in [0, 0.1) is 5.82 Å². The van der Waals surface area contributed by atoms with Gasteiger partial charge in [-0.25, -0.2) is 4.39 Å². The minimum Gasteiger partial charge on any atom is -0.493 e. The van der Waals surface area contributed by atoms with Crippen LogP contribution in [0.4, 0.5) is 4.39 Å². The van der Waals surface area contributed by atoms with Crippen LogP contribution in [0.2, 0.25) is 0 Å². The molecular weight excluding hydrogens is 229 g/mol. The lowest BCUT2D eigenvalue weighted by molar-refractivity contribution is 0.293. The van der Waals surface area contributed by atoms with Crippen molar-refractivity contribution in [2.24, 2.45) is 0 Å². The van der Waals surface area contributed by atoms with Gasteiger partial charge in [0.15, 0.2) is 0 Å². The Bertz CT molecular complexity index is 330. The zero-order chi connectivity index (χ0) is 13.2. The molecule has 102 valence electrons. The average molecular weight is 253 g/mol. The SMILES string of the molecule is CCCNC(CC)CCCOc1cccc(F)c1. The third kappa shape index (κ3) is 6.01. The minimum atomic E-state index is -0.247. The van der Waals surface area contributed by atoms with E-state index in [-0.39, 0.29) is 5.82 Å². The Morgan fingerprint density at radius 1 is 1.33 bits per heavy atom. The van der Waals surface area contributed by atoms with Crippen LogP contribution in [0.5, 0.6) is 5.75 Å². The Kier molecular flexibility index (Phi) is 7.42. The predicted octanol–water partition coefficient (Wildman–Crippen LogP) is 3.76. The largest absolute Gasteiger partial charge is 0.493 e. The number of halogens is 1. The molecule has 1 aromatic carbocycles. The number of hydrogen-bond acceptors (Lipinski definition) is 2. The van der Waals surface area contributed by atoms with Crippen molar-refractivity contribution in [1.82, 2.24) is 5.32 Å². The third-order valence-corrected chi connectivity index (χ3v) is 2.94. The highest BCUT2D eigenvalue weighted by molar-refractivity contribution is 5.22. The lowest BCUT2D eigenvalue weighted by Crippen LogP contribution is -2.29. The van der Waals surface area contributed by atoms with E-state index >= 15 is 0 Å². The van der Waals surface area contributed by atoms with E-state index in [4.69, 9.17) is 4.74 Å². The molecule has 1 unspecified atom stereocenters. The monoisotopic (exact) mass is 253 g/mol. The molecule has 0 saturated heterocycles. The first-order valence-electron chi connectivity index (χ1n) is 6.88. The lowest BCUT2D eigenvalue weighted by atomic mass is 10.1. The van der Waals surface area contributed by atoms with Crippen LogP contribution in [0.1, 0.15) is 39.5 Å². The summed E-state index contributed by atoms with van der Waals surface area (Å²) in [4.78, 5) is 0. The summed E-state index contributed by atoms with van der Waals surface area (Å²) in [5, 5.41) is 3.51. The zero-order valence-corrected chi connectivity index (χ0v) is 11.4. The molecule has 2 nitrogen and oxygen atoms in total. The summed E-state index contributed by atoms with van der Waals surface area (Å²) in [6, 6.07) is 6.88. The average Bonchev–Trinajstić information content (AvgIpc) is 2.38. The lowest BCUT2D eigenvalue weighted by Gasteiger charge is -2.16. The fraction of sp³-hybridized carbons (Fsp3) is 0.600. The van der Waals surface area contributed by atoms with Crippen LogP contribution in [0.15, 0.2) is 24.3 Å². The Morgan fingerprint density at radius 3 is 2.83 bits per heavy atom. The van der Waals surface area contributed by atoms with Gasteiger partial charge in [0.25, 0.3) is 0 Å². The summed E-state index contributed by atoms with van der Waals surface area (Å²) in [6.07, 6.45) is 4.40. The van der Waals surface area contributed by atoms with E-state index in [0.29, 0.717) is 18.4 Å². The summed E-state index contributed by atoms with van der Waals surface area (Å²) in [6.45, 7) is 6.09. The molecule has 1 N–H and O–H groups in total. The van der Waals surface area contributed by atoms with Crippen LogP contribution >= 0.6 is 0 Å². The molecule has 0 spiro atoms. The molecular formula is C15H24FNO. The maximum atomic E-state index is 12.9. The molecule has 18 heavy (non-hydrogen) atoms. The van der Waals surface area contributed by atoms with Gasteiger partial charge in [-0.1, -0.05) is 19.9 Å². The fourth-order valence-electron chi connectivity index (χ4n) is 1.88. The van der Waals surface area contributed by atoms with Gasteiger partial charge in [-0.05, 0) is 44.4 Å². The molecule has 0 aromatic heterocycles. The first-order chi connectivity index (χ1) is 8.76. The first kappa shape index (κ1) is 15.0. The Morgan fingerprint density at radius 2 is 2.17 bits per heavy atom. The van der Waals surface area contributed by atoms with E-state index in [2.05, 4.69) is 19.2 Å². The van der Waals surface area contributed by atoms with E-state index in [0.717, 1.165) is 32.2 Å². The van der Waals surface area contributed by atoms with Gasteiger partial charge in [0.05, 0.1) is 6.61 Å². The summed E-state index contributed by atoms with van der Waals surface area (Å²) >= 11 is 0.